The molecule has 132 valence electrons. The fraction of sp³-hybridized carbons (Fsp3) is 0.368. The van der Waals surface area contributed by atoms with E-state index in [9.17, 15) is 4.79 Å². The van der Waals surface area contributed by atoms with E-state index >= 15 is 0 Å². The maximum Gasteiger partial charge on any atom is 0.253 e. The van der Waals surface area contributed by atoms with Crippen LogP contribution in [0.3, 0.4) is 0 Å². The third-order valence-electron chi connectivity index (χ3n) is 4.36. The minimum absolute atomic E-state index is 0.00802. The molecule has 6 nitrogen and oxygen atoms in total. The fourth-order valence-electron chi connectivity index (χ4n) is 2.92. The van der Waals surface area contributed by atoms with E-state index in [2.05, 4.69) is 26.2 Å². The van der Waals surface area contributed by atoms with Crippen molar-refractivity contribution >= 4 is 17.4 Å². The summed E-state index contributed by atoms with van der Waals surface area (Å²) in [6.07, 6.45) is 1.90. The third kappa shape index (κ3) is 4.09. The molecule has 0 bridgehead atoms. The summed E-state index contributed by atoms with van der Waals surface area (Å²) in [5.74, 6) is 0.917. The summed E-state index contributed by atoms with van der Waals surface area (Å²) < 4.78 is 5.10. The Hall–Kier alpha value is -2.60. The van der Waals surface area contributed by atoms with E-state index in [4.69, 9.17) is 4.74 Å². The number of benzene rings is 1. The van der Waals surface area contributed by atoms with E-state index in [-0.39, 0.29) is 5.91 Å². The van der Waals surface area contributed by atoms with Gasteiger partial charge >= 0.3 is 0 Å². The highest BCUT2D eigenvalue weighted by atomic mass is 16.5. The highest BCUT2D eigenvalue weighted by molar-refractivity contribution is 6.00. The fourth-order valence-corrected chi connectivity index (χ4v) is 2.92. The van der Waals surface area contributed by atoms with E-state index in [0.717, 1.165) is 42.3 Å². The zero-order valence-corrected chi connectivity index (χ0v) is 14.7. The third-order valence-corrected chi connectivity index (χ3v) is 4.36. The normalized spacial score (nSPS) is 13.8. The molecule has 0 radical (unpaired) electrons. The van der Waals surface area contributed by atoms with E-state index in [1.54, 1.807) is 7.11 Å². The molecule has 0 spiro atoms. The molecule has 0 saturated carbocycles. The molecular formula is C19H24N4O2. The van der Waals surface area contributed by atoms with Gasteiger partial charge in [-0.25, -0.2) is 4.98 Å². The number of aromatic nitrogens is 1. The van der Waals surface area contributed by atoms with Crippen molar-refractivity contribution in [2.24, 2.45) is 0 Å². The summed E-state index contributed by atoms with van der Waals surface area (Å²) in [6.45, 7) is 3.61. The van der Waals surface area contributed by atoms with Crippen LogP contribution in [0.5, 0.6) is 0 Å². The number of likely N-dealkylation sites (N-methyl/N-ethyl adjacent to an activating group) is 1. The molecule has 2 aromatic rings. The molecule has 3 rings (SSSR count). The summed E-state index contributed by atoms with van der Waals surface area (Å²) in [5.41, 5.74) is 2.82. The minimum Gasteiger partial charge on any atom is -0.383 e. The minimum atomic E-state index is -0.00802. The lowest BCUT2D eigenvalue weighted by atomic mass is 10.1. The monoisotopic (exact) mass is 340 g/mol. The second kappa shape index (κ2) is 7.98. The van der Waals surface area contributed by atoms with Gasteiger partial charge in [-0.05, 0) is 23.8 Å². The smallest absolute Gasteiger partial charge is 0.253 e. The summed E-state index contributed by atoms with van der Waals surface area (Å²) in [5, 5.41) is 2.95. The van der Waals surface area contributed by atoms with E-state index in [1.165, 1.54) is 0 Å². The Balaban J connectivity index is 1.74. The Kier molecular flexibility index (Phi) is 5.50. The molecule has 2 heterocycles. The summed E-state index contributed by atoms with van der Waals surface area (Å²) >= 11 is 0. The van der Waals surface area contributed by atoms with Crippen LogP contribution < -0.4 is 15.1 Å². The van der Waals surface area contributed by atoms with Crippen molar-refractivity contribution in [3.8, 4) is 0 Å². The Morgan fingerprint density at radius 3 is 2.88 bits per heavy atom. The standard InChI is InChI=1S/C19H24N4O2/c1-22(11-12-25-2)18-8-7-15(13-21-18)14-23-10-9-20-19(24)16-5-3-4-6-17(16)23/h3-8,13H,9-12,14H2,1-2H3,(H,20,24). The molecule has 1 aromatic heterocycles. The van der Waals surface area contributed by atoms with Gasteiger partial charge in [0.05, 0.1) is 12.2 Å². The number of para-hydroxylation sites is 1. The van der Waals surface area contributed by atoms with Crippen molar-refractivity contribution in [1.29, 1.82) is 0 Å². The SMILES string of the molecule is COCCN(C)c1ccc(CN2CCNC(=O)c3ccccc32)cn1. The first-order chi connectivity index (χ1) is 12.2. The number of methoxy groups -OCH3 is 1. The van der Waals surface area contributed by atoms with Gasteiger partial charge in [0, 0.05) is 52.2 Å². The van der Waals surface area contributed by atoms with Gasteiger partial charge < -0.3 is 19.9 Å². The molecule has 1 amide bonds. The number of fused-ring (bicyclic) bond motifs is 1. The van der Waals surface area contributed by atoms with Crippen molar-refractivity contribution < 1.29 is 9.53 Å². The van der Waals surface area contributed by atoms with Crippen LogP contribution in [-0.4, -0.2) is 51.3 Å². The number of nitrogens with one attached hydrogen (secondary N) is 1. The lowest BCUT2D eigenvalue weighted by Gasteiger charge is -2.24. The number of hydrogen-bond donors (Lipinski definition) is 1. The molecule has 0 saturated heterocycles. The van der Waals surface area contributed by atoms with Gasteiger partial charge in [-0.3, -0.25) is 4.79 Å². The largest absolute Gasteiger partial charge is 0.383 e. The number of nitrogens with zero attached hydrogens (tertiary/aromatic N) is 3. The molecule has 0 aliphatic carbocycles. The van der Waals surface area contributed by atoms with Crippen molar-refractivity contribution in [2.45, 2.75) is 6.54 Å². The van der Waals surface area contributed by atoms with Gasteiger partial charge in [-0.2, -0.15) is 0 Å². The molecular weight excluding hydrogens is 316 g/mol. The lowest BCUT2D eigenvalue weighted by molar-refractivity contribution is 0.0958. The lowest BCUT2D eigenvalue weighted by Crippen LogP contribution is -2.29. The number of carbonyl (C=O) groups excluding carboxylic acids is 1. The van der Waals surface area contributed by atoms with Gasteiger partial charge in [0.2, 0.25) is 0 Å². The zero-order chi connectivity index (χ0) is 17.6. The van der Waals surface area contributed by atoms with Crippen LogP contribution in [0.4, 0.5) is 11.5 Å². The first-order valence-electron chi connectivity index (χ1n) is 8.46. The molecule has 1 N–H and O–H groups in total. The average Bonchev–Trinajstić information content (AvgIpc) is 2.80. The van der Waals surface area contributed by atoms with E-state index in [0.29, 0.717) is 13.2 Å². The van der Waals surface area contributed by atoms with Crippen LogP contribution in [0.25, 0.3) is 0 Å². The van der Waals surface area contributed by atoms with Crippen LogP contribution in [-0.2, 0) is 11.3 Å². The molecule has 6 heteroatoms. The Morgan fingerprint density at radius 2 is 2.12 bits per heavy atom. The second-order valence-electron chi connectivity index (χ2n) is 6.13. The van der Waals surface area contributed by atoms with Crippen molar-refractivity contribution in [3.63, 3.8) is 0 Å². The zero-order valence-electron chi connectivity index (χ0n) is 14.7. The van der Waals surface area contributed by atoms with Crippen LogP contribution >= 0.6 is 0 Å². The molecule has 0 fully saturated rings. The molecule has 0 unspecified atom stereocenters. The molecule has 1 aromatic carbocycles. The maximum absolute atomic E-state index is 12.1. The van der Waals surface area contributed by atoms with E-state index in [1.807, 2.05) is 43.6 Å². The predicted octanol–water partition coefficient (Wildman–Crippen LogP) is 1.91. The topological polar surface area (TPSA) is 57.7 Å². The van der Waals surface area contributed by atoms with Crippen molar-refractivity contribution in [1.82, 2.24) is 10.3 Å². The highest BCUT2D eigenvalue weighted by Crippen LogP contribution is 2.24. The molecule has 1 aliphatic heterocycles. The molecule has 25 heavy (non-hydrogen) atoms. The Bertz CT molecular complexity index is 718. The van der Waals surface area contributed by atoms with Crippen LogP contribution in [0.1, 0.15) is 15.9 Å². The summed E-state index contributed by atoms with van der Waals surface area (Å²) in [4.78, 5) is 21.0. The average molecular weight is 340 g/mol. The summed E-state index contributed by atoms with van der Waals surface area (Å²) in [6, 6.07) is 11.9. The van der Waals surface area contributed by atoms with Crippen molar-refractivity contribution in [2.75, 3.05) is 50.2 Å². The molecule has 1 aliphatic rings. The van der Waals surface area contributed by atoms with Crippen LogP contribution in [0.15, 0.2) is 42.6 Å². The van der Waals surface area contributed by atoms with Gasteiger partial charge in [0.25, 0.3) is 5.91 Å². The first-order valence-corrected chi connectivity index (χ1v) is 8.46. The second-order valence-corrected chi connectivity index (χ2v) is 6.13. The van der Waals surface area contributed by atoms with Gasteiger partial charge in [0.1, 0.15) is 5.82 Å². The number of carbonyl (C=O) groups is 1. The predicted molar refractivity (Wildman–Crippen MR) is 99.2 cm³/mol. The number of amides is 1. The number of anilines is 2. The number of hydrogen-bond acceptors (Lipinski definition) is 5. The number of rotatable bonds is 6. The van der Waals surface area contributed by atoms with Crippen LogP contribution in [0, 0.1) is 0 Å². The number of pyridine rings is 1. The van der Waals surface area contributed by atoms with Gasteiger partial charge in [-0.1, -0.05) is 18.2 Å². The van der Waals surface area contributed by atoms with Crippen LogP contribution in [0.2, 0.25) is 0 Å². The highest BCUT2D eigenvalue weighted by Gasteiger charge is 2.20. The van der Waals surface area contributed by atoms with Gasteiger partial charge in [-0.15, -0.1) is 0 Å². The molecule has 0 atom stereocenters. The summed E-state index contributed by atoms with van der Waals surface area (Å²) in [7, 11) is 3.70. The van der Waals surface area contributed by atoms with Crippen molar-refractivity contribution in [3.05, 3.63) is 53.7 Å². The van der Waals surface area contributed by atoms with Gasteiger partial charge in [0.15, 0.2) is 0 Å². The first kappa shape index (κ1) is 17.2. The quantitative estimate of drug-likeness (QED) is 0.871. The Morgan fingerprint density at radius 1 is 1.28 bits per heavy atom. The Labute approximate surface area is 148 Å². The number of ether oxygens (including phenoxy) is 1. The van der Waals surface area contributed by atoms with E-state index < -0.39 is 0 Å². The maximum atomic E-state index is 12.1.